The first-order chi connectivity index (χ1) is 7.29. The van der Waals surface area contributed by atoms with Gasteiger partial charge in [-0.05, 0) is 26.9 Å². The third-order valence-corrected chi connectivity index (χ3v) is 3.23. The zero-order valence-corrected chi connectivity index (χ0v) is 10.6. The summed E-state index contributed by atoms with van der Waals surface area (Å²) in [5.74, 6) is 0. The predicted molar refractivity (Wildman–Crippen MR) is 66.7 cm³/mol. The van der Waals surface area contributed by atoms with Gasteiger partial charge in [0.25, 0.3) is 0 Å². The van der Waals surface area contributed by atoms with Gasteiger partial charge in [0.15, 0.2) is 0 Å². The molecule has 5 heteroatoms. The molecule has 0 aromatic carbocycles. The molecule has 0 saturated carbocycles. The number of likely N-dealkylation sites (N-methyl/N-ethyl adjacent to an activating group) is 1. The maximum atomic E-state index is 4.35. The Balaban J connectivity index is 0.00000128. The largest absolute Gasteiger partial charge is 0.315 e. The summed E-state index contributed by atoms with van der Waals surface area (Å²) in [6, 6.07) is 0.964. The molecule has 1 unspecified atom stereocenters. The summed E-state index contributed by atoms with van der Waals surface area (Å²) in [5.41, 5.74) is 1.05. The number of nitrogens with zero attached hydrogens (tertiary/aromatic N) is 3. The fourth-order valence-corrected chi connectivity index (χ4v) is 2.04. The molecule has 1 aliphatic rings. The lowest BCUT2D eigenvalue weighted by molar-refractivity contribution is 0.193. The molecular weight excluding hydrogens is 224 g/mol. The van der Waals surface area contributed by atoms with Crippen LogP contribution in [-0.4, -0.2) is 41.0 Å². The molecule has 0 spiro atoms. The minimum Gasteiger partial charge on any atom is -0.315 e. The minimum absolute atomic E-state index is 0. The molecule has 0 aliphatic carbocycles. The van der Waals surface area contributed by atoms with E-state index in [9.17, 15) is 0 Å². The average molecular weight is 243 g/mol. The SMILES string of the molecule is CC(c1cnccn1)N(C)[C@@H]1CCNC1.Cl. The van der Waals surface area contributed by atoms with Gasteiger partial charge in [-0.3, -0.25) is 14.9 Å². The zero-order chi connectivity index (χ0) is 10.7. The van der Waals surface area contributed by atoms with Crippen LogP contribution in [0.25, 0.3) is 0 Å². The highest BCUT2D eigenvalue weighted by Gasteiger charge is 2.24. The molecule has 16 heavy (non-hydrogen) atoms. The van der Waals surface area contributed by atoms with E-state index >= 15 is 0 Å². The van der Waals surface area contributed by atoms with Gasteiger partial charge in [-0.15, -0.1) is 12.4 Å². The van der Waals surface area contributed by atoms with Gasteiger partial charge >= 0.3 is 0 Å². The topological polar surface area (TPSA) is 41.1 Å². The van der Waals surface area contributed by atoms with Crippen molar-refractivity contribution < 1.29 is 0 Å². The number of nitrogens with one attached hydrogen (secondary N) is 1. The van der Waals surface area contributed by atoms with Gasteiger partial charge in [0.2, 0.25) is 0 Å². The lowest BCUT2D eigenvalue weighted by Gasteiger charge is -2.29. The van der Waals surface area contributed by atoms with Crippen molar-refractivity contribution in [3.8, 4) is 0 Å². The highest BCUT2D eigenvalue weighted by Crippen LogP contribution is 2.20. The molecule has 1 aromatic rings. The highest BCUT2D eigenvalue weighted by atomic mass is 35.5. The van der Waals surface area contributed by atoms with Crippen LogP contribution < -0.4 is 5.32 Å². The monoisotopic (exact) mass is 242 g/mol. The van der Waals surface area contributed by atoms with E-state index in [0.717, 1.165) is 18.8 Å². The molecule has 4 nitrogen and oxygen atoms in total. The van der Waals surface area contributed by atoms with Crippen molar-refractivity contribution in [2.45, 2.75) is 25.4 Å². The van der Waals surface area contributed by atoms with Crippen LogP contribution in [-0.2, 0) is 0 Å². The number of halogens is 1. The second-order valence-electron chi connectivity index (χ2n) is 4.12. The van der Waals surface area contributed by atoms with Gasteiger partial charge in [-0.25, -0.2) is 0 Å². The van der Waals surface area contributed by atoms with E-state index in [-0.39, 0.29) is 12.4 Å². The molecule has 2 rings (SSSR count). The van der Waals surface area contributed by atoms with Crippen LogP contribution >= 0.6 is 12.4 Å². The predicted octanol–water partition coefficient (Wildman–Crippen LogP) is 1.25. The Morgan fingerprint density at radius 2 is 2.31 bits per heavy atom. The van der Waals surface area contributed by atoms with Gasteiger partial charge in [0.05, 0.1) is 11.7 Å². The number of hydrogen-bond donors (Lipinski definition) is 1. The Morgan fingerprint density at radius 1 is 1.50 bits per heavy atom. The van der Waals surface area contributed by atoms with E-state index in [1.54, 1.807) is 12.4 Å². The van der Waals surface area contributed by atoms with E-state index in [0.29, 0.717) is 12.1 Å². The maximum Gasteiger partial charge on any atom is 0.0755 e. The van der Waals surface area contributed by atoms with E-state index in [1.807, 2.05) is 6.20 Å². The fourth-order valence-electron chi connectivity index (χ4n) is 2.04. The molecular formula is C11H19ClN4. The van der Waals surface area contributed by atoms with Gasteiger partial charge < -0.3 is 5.32 Å². The van der Waals surface area contributed by atoms with Crippen molar-refractivity contribution in [2.75, 3.05) is 20.1 Å². The van der Waals surface area contributed by atoms with Crippen molar-refractivity contribution in [3.05, 3.63) is 24.3 Å². The van der Waals surface area contributed by atoms with Gasteiger partial charge in [0.1, 0.15) is 0 Å². The van der Waals surface area contributed by atoms with E-state index in [1.165, 1.54) is 6.42 Å². The zero-order valence-electron chi connectivity index (χ0n) is 9.76. The van der Waals surface area contributed by atoms with Crippen molar-refractivity contribution in [3.63, 3.8) is 0 Å². The maximum absolute atomic E-state index is 4.35. The summed E-state index contributed by atoms with van der Waals surface area (Å²) in [4.78, 5) is 10.8. The standard InChI is InChI=1S/C11H18N4.ClH/c1-9(11-8-13-5-6-14-11)15(2)10-3-4-12-7-10;/h5-6,8-10,12H,3-4,7H2,1-2H3;1H/t9?,10-;/m1./s1. The Hall–Kier alpha value is -0.710. The quantitative estimate of drug-likeness (QED) is 0.867. The van der Waals surface area contributed by atoms with Crippen LogP contribution in [0, 0.1) is 0 Å². The number of rotatable bonds is 3. The van der Waals surface area contributed by atoms with E-state index < -0.39 is 0 Å². The molecule has 1 aliphatic heterocycles. The Labute approximate surface area is 103 Å². The summed E-state index contributed by atoms with van der Waals surface area (Å²) in [6.07, 6.45) is 6.55. The summed E-state index contributed by atoms with van der Waals surface area (Å²) in [7, 11) is 2.16. The van der Waals surface area contributed by atoms with Crippen molar-refractivity contribution in [1.82, 2.24) is 20.2 Å². The van der Waals surface area contributed by atoms with E-state index in [4.69, 9.17) is 0 Å². The molecule has 0 radical (unpaired) electrons. The van der Waals surface area contributed by atoms with Crippen molar-refractivity contribution in [2.24, 2.45) is 0 Å². The molecule has 1 fully saturated rings. The first-order valence-corrected chi connectivity index (χ1v) is 5.47. The Bertz CT molecular complexity index is 300. The third kappa shape index (κ3) is 2.90. The number of aromatic nitrogens is 2. The summed E-state index contributed by atoms with van der Waals surface area (Å²) in [6.45, 7) is 4.39. The smallest absolute Gasteiger partial charge is 0.0755 e. The Kier molecular flexibility index (Phi) is 5.12. The molecule has 1 aromatic heterocycles. The van der Waals surface area contributed by atoms with Gasteiger partial charge in [-0.1, -0.05) is 0 Å². The van der Waals surface area contributed by atoms with Crippen LogP contribution in [0.3, 0.4) is 0 Å². The average Bonchev–Trinajstić information content (AvgIpc) is 2.82. The molecule has 0 amide bonds. The second kappa shape index (κ2) is 6.13. The van der Waals surface area contributed by atoms with Crippen molar-refractivity contribution >= 4 is 12.4 Å². The van der Waals surface area contributed by atoms with Crippen LogP contribution in [0.2, 0.25) is 0 Å². The first-order valence-electron chi connectivity index (χ1n) is 5.47. The molecule has 90 valence electrons. The molecule has 2 atom stereocenters. The summed E-state index contributed by atoms with van der Waals surface area (Å²) < 4.78 is 0. The van der Waals surface area contributed by atoms with Crippen LogP contribution in [0.4, 0.5) is 0 Å². The fraction of sp³-hybridized carbons (Fsp3) is 0.636. The third-order valence-electron chi connectivity index (χ3n) is 3.23. The lowest BCUT2D eigenvalue weighted by Crippen LogP contribution is -2.35. The lowest BCUT2D eigenvalue weighted by atomic mass is 10.1. The molecule has 1 saturated heterocycles. The van der Waals surface area contributed by atoms with E-state index in [2.05, 4.69) is 34.2 Å². The van der Waals surface area contributed by atoms with Crippen LogP contribution in [0.1, 0.15) is 25.1 Å². The minimum atomic E-state index is 0. The second-order valence-corrected chi connectivity index (χ2v) is 4.12. The Morgan fingerprint density at radius 3 is 2.88 bits per heavy atom. The molecule has 1 N–H and O–H groups in total. The van der Waals surface area contributed by atoms with Crippen LogP contribution in [0.15, 0.2) is 18.6 Å². The van der Waals surface area contributed by atoms with Crippen molar-refractivity contribution in [1.29, 1.82) is 0 Å². The summed E-state index contributed by atoms with van der Waals surface area (Å²) in [5, 5.41) is 3.38. The number of hydrogen-bond acceptors (Lipinski definition) is 4. The van der Waals surface area contributed by atoms with Gasteiger partial charge in [0, 0.05) is 31.2 Å². The normalized spacial score (nSPS) is 21.8. The van der Waals surface area contributed by atoms with Gasteiger partial charge in [-0.2, -0.15) is 0 Å². The van der Waals surface area contributed by atoms with Crippen LogP contribution in [0.5, 0.6) is 0 Å². The molecule has 0 bridgehead atoms. The molecule has 2 heterocycles. The first kappa shape index (κ1) is 13.4. The summed E-state index contributed by atoms with van der Waals surface area (Å²) >= 11 is 0. The highest BCUT2D eigenvalue weighted by molar-refractivity contribution is 5.85.